The first kappa shape index (κ1) is 12.2. The molecule has 0 amide bonds. The van der Waals surface area contributed by atoms with Gasteiger partial charge in [0.05, 0.1) is 0 Å². The summed E-state index contributed by atoms with van der Waals surface area (Å²) in [5, 5.41) is 0. The molecular weight excluding hydrogens is 160 g/mol. The molecule has 0 radical (unpaired) electrons. The highest BCUT2D eigenvalue weighted by Crippen LogP contribution is 1.91. The van der Waals surface area contributed by atoms with E-state index in [1.54, 1.807) is 7.11 Å². The standard InChI is InChI=1S/C6H14O.C6H6/c1-3-4-5-6-7-2;1-2-4-6-5-3-1/h3-6H2,1-2H3;1-6H. The van der Waals surface area contributed by atoms with Crippen LogP contribution >= 0.6 is 0 Å². The van der Waals surface area contributed by atoms with Crippen molar-refractivity contribution in [1.82, 2.24) is 0 Å². The molecule has 0 aromatic heterocycles. The van der Waals surface area contributed by atoms with Crippen molar-refractivity contribution in [2.75, 3.05) is 13.7 Å². The molecule has 1 aromatic rings. The van der Waals surface area contributed by atoms with E-state index >= 15 is 0 Å². The first-order valence-corrected chi connectivity index (χ1v) is 4.90. The maximum atomic E-state index is 4.84. The van der Waals surface area contributed by atoms with Crippen LogP contribution in [0.25, 0.3) is 0 Å². The molecular formula is C12H20O. The third kappa shape index (κ3) is 11.2. The normalized spacial score (nSPS) is 8.77. The minimum atomic E-state index is 0.924. The Morgan fingerprint density at radius 3 is 1.62 bits per heavy atom. The fourth-order valence-corrected chi connectivity index (χ4v) is 0.881. The highest BCUT2D eigenvalue weighted by Gasteiger charge is 1.79. The van der Waals surface area contributed by atoms with Crippen LogP contribution in [0.1, 0.15) is 26.2 Å². The third-order valence-corrected chi connectivity index (χ3v) is 1.62. The van der Waals surface area contributed by atoms with E-state index in [9.17, 15) is 0 Å². The second-order valence-corrected chi connectivity index (χ2v) is 2.85. The van der Waals surface area contributed by atoms with Crippen LogP contribution in [0.4, 0.5) is 0 Å². The molecule has 1 nitrogen and oxygen atoms in total. The van der Waals surface area contributed by atoms with Gasteiger partial charge in [0.25, 0.3) is 0 Å². The maximum absolute atomic E-state index is 4.84. The Balaban J connectivity index is 0.000000223. The minimum absolute atomic E-state index is 0.924. The van der Waals surface area contributed by atoms with Gasteiger partial charge < -0.3 is 4.74 Å². The highest BCUT2D eigenvalue weighted by atomic mass is 16.5. The molecule has 0 saturated heterocycles. The molecule has 0 aliphatic rings. The van der Waals surface area contributed by atoms with Crippen molar-refractivity contribution in [3.8, 4) is 0 Å². The largest absolute Gasteiger partial charge is 0.385 e. The lowest BCUT2D eigenvalue weighted by Gasteiger charge is -1.92. The van der Waals surface area contributed by atoms with E-state index in [4.69, 9.17) is 4.74 Å². The molecule has 0 fully saturated rings. The molecule has 0 atom stereocenters. The van der Waals surface area contributed by atoms with Gasteiger partial charge in [-0.3, -0.25) is 0 Å². The maximum Gasteiger partial charge on any atom is 0.0462 e. The van der Waals surface area contributed by atoms with Crippen molar-refractivity contribution in [2.45, 2.75) is 26.2 Å². The molecule has 13 heavy (non-hydrogen) atoms. The number of unbranched alkanes of at least 4 members (excludes halogenated alkanes) is 2. The predicted molar refractivity (Wildman–Crippen MR) is 57.8 cm³/mol. The van der Waals surface area contributed by atoms with E-state index in [2.05, 4.69) is 6.92 Å². The first-order chi connectivity index (χ1) is 6.41. The van der Waals surface area contributed by atoms with Crippen molar-refractivity contribution in [1.29, 1.82) is 0 Å². The lowest BCUT2D eigenvalue weighted by Crippen LogP contribution is -1.85. The second-order valence-electron chi connectivity index (χ2n) is 2.85. The third-order valence-electron chi connectivity index (χ3n) is 1.62. The van der Waals surface area contributed by atoms with Gasteiger partial charge in [0, 0.05) is 13.7 Å². The molecule has 1 aromatic carbocycles. The molecule has 0 N–H and O–H groups in total. The molecule has 0 saturated carbocycles. The Hall–Kier alpha value is -0.820. The lowest BCUT2D eigenvalue weighted by atomic mass is 10.3. The van der Waals surface area contributed by atoms with Crippen LogP contribution in [0.3, 0.4) is 0 Å². The molecule has 0 spiro atoms. The summed E-state index contributed by atoms with van der Waals surface area (Å²) < 4.78 is 4.84. The van der Waals surface area contributed by atoms with Gasteiger partial charge in [-0.1, -0.05) is 56.2 Å². The zero-order valence-corrected chi connectivity index (χ0v) is 8.70. The van der Waals surface area contributed by atoms with Crippen molar-refractivity contribution in [3.63, 3.8) is 0 Å². The summed E-state index contributed by atoms with van der Waals surface area (Å²) in [6.45, 7) is 3.11. The van der Waals surface area contributed by atoms with Gasteiger partial charge in [0.1, 0.15) is 0 Å². The molecule has 0 bridgehead atoms. The van der Waals surface area contributed by atoms with Crippen LogP contribution in [0.15, 0.2) is 36.4 Å². The van der Waals surface area contributed by atoms with Gasteiger partial charge in [0.2, 0.25) is 0 Å². The van der Waals surface area contributed by atoms with E-state index in [1.165, 1.54) is 19.3 Å². The Kier molecular flexibility index (Phi) is 10.5. The summed E-state index contributed by atoms with van der Waals surface area (Å²) in [4.78, 5) is 0. The number of hydrogen-bond acceptors (Lipinski definition) is 1. The summed E-state index contributed by atoms with van der Waals surface area (Å²) in [5.74, 6) is 0. The Morgan fingerprint density at radius 1 is 0.846 bits per heavy atom. The summed E-state index contributed by atoms with van der Waals surface area (Å²) in [7, 11) is 1.75. The molecule has 1 heteroatoms. The Bertz CT molecular complexity index is 129. The molecule has 0 heterocycles. The van der Waals surface area contributed by atoms with Crippen LogP contribution in [0.5, 0.6) is 0 Å². The Labute approximate surface area is 81.7 Å². The average molecular weight is 180 g/mol. The summed E-state index contributed by atoms with van der Waals surface area (Å²) >= 11 is 0. The number of benzene rings is 1. The summed E-state index contributed by atoms with van der Waals surface area (Å²) in [6, 6.07) is 12.0. The summed E-state index contributed by atoms with van der Waals surface area (Å²) in [6.07, 6.45) is 3.80. The second kappa shape index (κ2) is 11.2. The topological polar surface area (TPSA) is 9.23 Å². The van der Waals surface area contributed by atoms with Gasteiger partial charge in [-0.15, -0.1) is 0 Å². The van der Waals surface area contributed by atoms with Crippen LogP contribution in [-0.2, 0) is 4.74 Å². The van der Waals surface area contributed by atoms with Gasteiger partial charge in [-0.25, -0.2) is 0 Å². The van der Waals surface area contributed by atoms with Crippen LogP contribution in [0, 0.1) is 0 Å². The van der Waals surface area contributed by atoms with Crippen LogP contribution in [0.2, 0.25) is 0 Å². The van der Waals surface area contributed by atoms with Gasteiger partial charge in [-0.2, -0.15) is 0 Å². The molecule has 0 aliphatic carbocycles. The van der Waals surface area contributed by atoms with Gasteiger partial charge in [0.15, 0.2) is 0 Å². The van der Waals surface area contributed by atoms with Crippen LogP contribution < -0.4 is 0 Å². The SMILES string of the molecule is CCCCCOC.c1ccccc1. The van der Waals surface area contributed by atoms with Gasteiger partial charge in [-0.05, 0) is 6.42 Å². The minimum Gasteiger partial charge on any atom is -0.385 e. The van der Waals surface area contributed by atoms with E-state index in [-0.39, 0.29) is 0 Å². The average Bonchev–Trinajstić information content (AvgIpc) is 2.22. The first-order valence-electron chi connectivity index (χ1n) is 4.90. The van der Waals surface area contributed by atoms with Crippen molar-refractivity contribution >= 4 is 0 Å². The zero-order valence-electron chi connectivity index (χ0n) is 8.70. The fourth-order valence-electron chi connectivity index (χ4n) is 0.881. The number of hydrogen-bond donors (Lipinski definition) is 0. The Morgan fingerprint density at radius 2 is 1.31 bits per heavy atom. The van der Waals surface area contributed by atoms with Crippen molar-refractivity contribution in [3.05, 3.63) is 36.4 Å². The van der Waals surface area contributed by atoms with E-state index in [1.807, 2.05) is 36.4 Å². The monoisotopic (exact) mass is 180 g/mol. The van der Waals surface area contributed by atoms with Crippen LogP contribution in [-0.4, -0.2) is 13.7 Å². The molecule has 0 unspecified atom stereocenters. The fraction of sp³-hybridized carbons (Fsp3) is 0.500. The molecule has 74 valence electrons. The zero-order chi connectivity index (χ0) is 9.78. The number of methoxy groups -OCH3 is 1. The number of ether oxygens (including phenoxy) is 1. The van der Waals surface area contributed by atoms with E-state index in [0.29, 0.717) is 0 Å². The van der Waals surface area contributed by atoms with Crippen molar-refractivity contribution in [2.24, 2.45) is 0 Å². The molecule has 0 aliphatic heterocycles. The molecule has 1 rings (SSSR count). The van der Waals surface area contributed by atoms with Crippen molar-refractivity contribution < 1.29 is 4.74 Å². The van der Waals surface area contributed by atoms with E-state index in [0.717, 1.165) is 6.61 Å². The highest BCUT2D eigenvalue weighted by molar-refractivity contribution is 4.99. The van der Waals surface area contributed by atoms with Gasteiger partial charge >= 0.3 is 0 Å². The lowest BCUT2D eigenvalue weighted by molar-refractivity contribution is 0.192. The quantitative estimate of drug-likeness (QED) is 0.644. The predicted octanol–water partition coefficient (Wildman–Crippen LogP) is 3.51. The summed E-state index contributed by atoms with van der Waals surface area (Å²) in [5.41, 5.74) is 0. The number of rotatable bonds is 4. The smallest absolute Gasteiger partial charge is 0.0462 e. The van der Waals surface area contributed by atoms with E-state index < -0.39 is 0 Å².